The van der Waals surface area contributed by atoms with Crippen LogP contribution in [0, 0.1) is 0 Å². The summed E-state index contributed by atoms with van der Waals surface area (Å²) in [4.78, 5) is 48.8. The van der Waals surface area contributed by atoms with Crippen molar-refractivity contribution in [2.45, 2.75) is 45.9 Å². The van der Waals surface area contributed by atoms with E-state index in [4.69, 9.17) is 19.2 Å². The molecule has 3 aromatic carbocycles. The van der Waals surface area contributed by atoms with E-state index >= 15 is 0 Å². The van der Waals surface area contributed by atoms with E-state index in [2.05, 4.69) is 0 Å². The molecule has 10 heteroatoms. The normalized spacial score (nSPS) is 15.3. The Morgan fingerprint density at radius 3 is 2.30 bits per heavy atom. The lowest BCUT2D eigenvalue weighted by Crippen LogP contribution is -2.54. The van der Waals surface area contributed by atoms with Gasteiger partial charge in [0.05, 0.1) is 29.7 Å². The highest BCUT2D eigenvalue weighted by molar-refractivity contribution is 5.78. The van der Waals surface area contributed by atoms with Crippen LogP contribution in [0.4, 0.5) is 9.59 Å². The predicted molar refractivity (Wildman–Crippen MR) is 162 cm³/mol. The molecule has 224 valence electrons. The molecule has 0 bridgehead atoms. The van der Waals surface area contributed by atoms with E-state index < -0.39 is 23.8 Å². The molecule has 1 fully saturated rings. The van der Waals surface area contributed by atoms with Crippen molar-refractivity contribution in [1.29, 1.82) is 0 Å². The Morgan fingerprint density at radius 2 is 1.60 bits per heavy atom. The Kier molecular flexibility index (Phi) is 8.66. The molecule has 5 rings (SSSR count). The molecule has 0 spiro atoms. The number of carbonyl (C=O) groups excluding carboxylic acids is 2. The molecule has 2 heterocycles. The summed E-state index contributed by atoms with van der Waals surface area (Å²) in [6.07, 6.45) is -1.08. The summed E-state index contributed by atoms with van der Waals surface area (Å²) in [5.74, 6) is 0.965. The van der Waals surface area contributed by atoms with Gasteiger partial charge in [-0.3, -0.25) is 14.3 Å². The number of benzene rings is 3. The van der Waals surface area contributed by atoms with Crippen molar-refractivity contribution in [2.24, 2.45) is 0 Å². The number of hydrogen-bond acceptors (Lipinski definition) is 7. The number of ether oxygens (including phenoxy) is 3. The first-order chi connectivity index (χ1) is 20.6. The number of amides is 2. The molecule has 1 aromatic heterocycles. The zero-order valence-electron chi connectivity index (χ0n) is 24.9. The second-order valence-corrected chi connectivity index (χ2v) is 11.2. The average Bonchev–Trinajstić information content (AvgIpc) is 3.00. The van der Waals surface area contributed by atoms with Crippen LogP contribution in [0.25, 0.3) is 16.6 Å². The van der Waals surface area contributed by atoms with E-state index in [9.17, 15) is 14.4 Å². The van der Waals surface area contributed by atoms with Crippen molar-refractivity contribution >= 4 is 23.1 Å². The molecule has 1 saturated heterocycles. The maximum absolute atomic E-state index is 14.0. The lowest BCUT2D eigenvalue weighted by atomic mass is 10.1. The van der Waals surface area contributed by atoms with Crippen molar-refractivity contribution in [2.75, 3.05) is 26.2 Å². The van der Waals surface area contributed by atoms with Crippen molar-refractivity contribution in [1.82, 2.24) is 19.4 Å². The first-order valence-electron chi connectivity index (χ1n) is 14.3. The Balaban J connectivity index is 1.59. The van der Waals surface area contributed by atoms with Crippen LogP contribution in [0.1, 0.15) is 45.1 Å². The summed E-state index contributed by atoms with van der Waals surface area (Å²) in [6.45, 7) is 8.32. The zero-order chi connectivity index (χ0) is 30.6. The van der Waals surface area contributed by atoms with Crippen LogP contribution in [-0.4, -0.2) is 63.4 Å². The fourth-order valence-electron chi connectivity index (χ4n) is 5.00. The molecule has 0 radical (unpaired) electrons. The summed E-state index contributed by atoms with van der Waals surface area (Å²) >= 11 is 0. The van der Waals surface area contributed by atoms with Gasteiger partial charge < -0.3 is 19.1 Å². The molecule has 43 heavy (non-hydrogen) atoms. The van der Waals surface area contributed by atoms with Gasteiger partial charge in [0, 0.05) is 13.1 Å². The molecule has 0 saturated carbocycles. The van der Waals surface area contributed by atoms with Gasteiger partial charge >= 0.3 is 12.2 Å². The number of piperazine rings is 1. The number of para-hydroxylation sites is 1. The van der Waals surface area contributed by atoms with Crippen LogP contribution in [0.15, 0.2) is 83.7 Å². The molecule has 0 N–H and O–H groups in total. The first-order valence-corrected chi connectivity index (χ1v) is 14.3. The number of aromatic nitrogens is 2. The molecule has 1 unspecified atom stereocenters. The highest BCUT2D eigenvalue weighted by Gasteiger charge is 2.39. The number of carbonyl (C=O) groups is 2. The van der Waals surface area contributed by atoms with Gasteiger partial charge in [0.25, 0.3) is 5.56 Å². The van der Waals surface area contributed by atoms with E-state index in [1.807, 2.05) is 37.3 Å². The molecule has 1 atom stereocenters. The Labute approximate surface area is 250 Å². The molecule has 1 aliphatic rings. The lowest BCUT2D eigenvalue weighted by molar-refractivity contribution is -0.000510. The van der Waals surface area contributed by atoms with Gasteiger partial charge in [-0.2, -0.15) is 0 Å². The van der Waals surface area contributed by atoms with Crippen molar-refractivity contribution in [3.05, 3.63) is 101 Å². The fourth-order valence-corrected chi connectivity index (χ4v) is 5.00. The minimum Gasteiger partial charge on any atom is -0.494 e. The smallest absolute Gasteiger partial charge is 0.410 e. The highest BCUT2D eigenvalue weighted by Crippen LogP contribution is 2.29. The Bertz CT molecular complexity index is 1650. The number of rotatable bonds is 6. The summed E-state index contributed by atoms with van der Waals surface area (Å²) in [5.41, 5.74) is 0.876. The maximum atomic E-state index is 14.0. The number of hydrogen-bond donors (Lipinski definition) is 0. The molecular formula is C33H36N4O6. The summed E-state index contributed by atoms with van der Waals surface area (Å²) in [5, 5.41) is 0.429. The minimum absolute atomic E-state index is 0.0527. The highest BCUT2D eigenvalue weighted by atomic mass is 16.6. The Hall–Kier alpha value is -4.86. The van der Waals surface area contributed by atoms with Gasteiger partial charge in [-0.1, -0.05) is 42.5 Å². The summed E-state index contributed by atoms with van der Waals surface area (Å²) < 4.78 is 18.5. The van der Waals surface area contributed by atoms with Gasteiger partial charge in [-0.05, 0) is 69.7 Å². The van der Waals surface area contributed by atoms with Crippen LogP contribution in [0.5, 0.6) is 5.75 Å². The van der Waals surface area contributed by atoms with Crippen LogP contribution >= 0.6 is 0 Å². The van der Waals surface area contributed by atoms with Crippen LogP contribution in [0.3, 0.4) is 0 Å². The molecule has 1 aliphatic heterocycles. The largest absolute Gasteiger partial charge is 0.494 e. The predicted octanol–water partition coefficient (Wildman–Crippen LogP) is 5.72. The van der Waals surface area contributed by atoms with Crippen molar-refractivity contribution < 1.29 is 23.8 Å². The summed E-state index contributed by atoms with van der Waals surface area (Å²) in [6, 6.07) is 22.8. The monoisotopic (exact) mass is 584 g/mol. The minimum atomic E-state index is -0.812. The quantitative estimate of drug-likeness (QED) is 0.286. The fraction of sp³-hybridized carbons (Fsp3) is 0.333. The molecule has 10 nitrogen and oxygen atoms in total. The number of nitrogens with zero attached hydrogens (tertiary/aromatic N) is 4. The third kappa shape index (κ3) is 6.80. The van der Waals surface area contributed by atoms with Crippen molar-refractivity contribution in [3.63, 3.8) is 0 Å². The second-order valence-electron chi connectivity index (χ2n) is 11.2. The topological polar surface area (TPSA) is 103 Å². The molecule has 0 aliphatic carbocycles. The second kappa shape index (κ2) is 12.6. The van der Waals surface area contributed by atoms with Gasteiger partial charge in [-0.25, -0.2) is 14.6 Å². The van der Waals surface area contributed by atoms with Gasteiger partial charge in [-0.15, -0.1) is 0 Å². The zero-order valence-corrected chi connectivity index (χ0v) is 24.9. The third-order valence-corrected chi connectivity index (χ3v) is 6.98. The SMILES string of the molecule is CCOc1ccc(-n2c(C3CN(C(=O)OC(C)(C)C)CCN3C(=O)OCc3ccccc3)nc3ccccc3c2=O)cc1. The van der Waals surface area contributed by atoms with E-state index in [1.165, 1.54) is 9.47 Å². The van der Waals surface area contributed by atoms with E-state index in [1.54, 1.807) is 74.2 Å². The van der Waals surface area contributed by atoms with Crippen molar-refractivity contribution in [3.8, 4) is 11.4 Å². The van der Waals surface area contributed by atoms with Gasteiger partial charge in [0.2, 0.25) is 0 Å². The first kappa shape index (κ1) is 29.6. The third-order valence-electron chi connectivity index (χ3n) is 6.98. The molecule has 4 aromatic rings. The lowest BCUT2D eigenvalue weighted by Gasteiger charge is -2.41. The molecular weight excluding hydrogens is 548 g/mol. The standard InChI is InChI=1S/C33H36N4O6/c1-5-41-25-17-15-24(16-18-25)37-29(34-27-14-10-9-13-26(27)30(37)38)28-21-35(31(39)43-33(2,3)4)19-20-36(28)32(40)42-22-23-11-7-6-8-12-23/h6-18,28H,5,19-22H2,1-4H3. The van der Waals surface area contributed by atoms with Crippen LogP contribution in [-0.2, 0) is 16.1 Å². The van der Waals surface area contributed by atoms with E-state index in [0.717, 1.165) is 5.56 Å². The molecule has 2 amide bonds. The van der Waals surface area contributed by atoms with Gasteiger partial charge in [0.15, 0.2) is 0 Å². The van der Waals surface area contributed by atoms with Crippen LogP contribution < -0.4 is 10.3 Å². The van der Waals surface area contributed by atoms with E-state index in [0.29, 0.717) is 34.8 Å². The van der Waals surface area contributed by atoms with E-state index in [-0.39, 0.29) is 31.8 Å². The number of fused-ring (bicyclic) bond motifs is 1. The maximum Gasteiger partial charge on any atom is 0.410 e. The average molecular weight is 585 g/mol. The summed E-state index contributed by atoms with van der Waals surface area (Å²) in [7, 11) is 0. The van der Waals surface area contributed by atoms with Gasteiger partial charge in [0.1, 0.15) is 29.8 Å². The Morgan fingerprint density at radius 1 is 0.907 bits per heavy atom. The van der Waals surface area contributed by atoms with Crippen LogP contribution in [0.2, 0.25) is 0 Å².